The first-order valence-corrected chi connectivity index (χ1v) is 6.27. The maximum Gasteiger partial charge on any atom is 0.201 e. The van der Waals surface area contributed by atoms with Crippen LogP contribution in [0.25, 0.3) is 11.0 Å². The molecule has 5 heteroatoms. The van der Waals surface area contributed by atoms with Crippen LogP contribution in [0, 0.1) is 11.3 Å². The van der Waals surface area contributed by atoms with Crippen molar-refractivity contribution in [1.82, 2.24) is 9.55 Å². The Kier molecular flexibility index (Phi) is 3.45. The van der Waals surface area contributed by atoms with Crippen LogP contribution in [0.4, 0.5) is 5.95 Å². The molecule has 0 aliphatic heterocycles. The van der Waals surface area contributed by atoms with Gasteiger partial charge in [-0.1, -0.05) is 6.07 Å². The average Bonchev–Trinajstić information content (AvgIpc) is 2.65. The molecule has 2 N–H and O–H groups in total. The zero-order valence-corrected chi connectivity index (χ0v) is 11.5. The van der Waals surface area contributed by atoms with Gasteiger partial charge >= 0.3 is 0 Å². The molecule has 0 unspecified atom stereocenters. The number of ether oxygens (including phenoxy) is 1. The Hall–Kier alpha value is -2.06. The molecule has 0 spiro atoms. The third kappa shape index (κ3) is 2.54. The van der Waals surface area contributed by atoms with Crippen molar-refractivity contribution in [3.8, 4) is 6.07 Å². The lowest BCUT2D eigenvalue weighted by Crippen LogP contribution is -2.31. The third-order valence-electron chi connectivity index (χ3n) is 3.00. The number of hydrogen-bond acceptors (Lipinski definition) is 4. The van der Waals surface area contributed by atoms with Gasteiger partial charge in [-0.3, -0.25) is 0 Å². The standard InChI is InChI=1S/C14H18N4O/c1-4-19-14(2,3)9-18-11-7-5-6-10(8-15)12(11)17-13(18)16/h5-7H,4,9H2,1-3H3,(H2,16,17). The van der Waals surface area contributed by atoms with E-state index in [1.54, 1.807) is 6.07 Å². The summed E-state index contributed by atoms with van der Waals surface area (Å²) in [6, 6.07) is 7.64. The van der Waals surface area contributed by atoms with Gasteiger partial charge < -0.3 is 15.0 Å². The van der Waals surface area contributed by atoms with Crippen molar-refractivity contribution in [3.05, 3.63) is 23.8 Å². The van der Waals surface area contributed by atoms with Crippen molar-refractivity contribution in [3.63, 3.8) is 0 Å². The second kappa shape index (κ2) is 4.90. The summed E-state index contributed by atoms with van der Waals surface area (Å²) in [5.41, 5.74) is 7.69. The summed E-state index contributed by atoms with van der Waals surface area (Å²) in [7, 11) is 0. The first-order valence-electron chi connectivity index (χ1n) is 6.27. The molecule has 0 saturated carbocycles. The molecular formula is C14H18N4O. The lowest BCUT2D eigenvalue weighted by atomic mass is 10.1. The molecular weight excluding hydrogens is 240 g/mol. The fourth-order valence-electron chi connectivity index (χ4n) is 2.24. The van der Waals surface area contributed by atoms with Crippen LogP contribution < -0.4 is 5.73 Å². The summed E-state index contributed by atoms with van der Waals surface area (Å²) in [6.07, 6.45) is 0. The Morgan fingerprint density at radius 3 is 2.84 bits per heavy atom. The molecule has 2 aromatic rings. The van der Waals surface area contributed by atoms with E-state index in [2.05, 4.69) is 11.1 Å². The summed E-state index contributed by atoms with van der Waals surface area (Å²) in [5, 5.41) is 9.09. The van der Waals surface area contributed by atoms with E-state index in [4.69, 9.17) is 15.7 Å². The number of fused-ring (bicyclic) bond motifs is 1. The van der Waals surface area contributed by atoms with Gasteiger partial charge in [-0.2, -0.15) is 5.26 Å². The molecule has 100 valence electrons. The van der Waals surface area contributed by atoms with E-state index >= 15 is 0 Å². The van der Waals surface area contributed by atoms with E-state index in [1.807, 2.05) is 37.5 Å². The lowest BCUT2D eigenvalue weighted by molar-refractivity contribution is -0.0212. The van der Waals surface area contributed by atoms with E-state index in [1.165, 1.54) is 0 Å². The normalized spacial score (nSPS) is 11.7. The minimum atomic E-state index is -0.334. The molecule has 0 saturated heterocycles. The van der Waals surface area contributed by atoms with Crippen LogP contribution in [0.2, 0.25) is 0 Å². The predicted octanol–water partition coefficient (Wildman–Crippen LogP) is 2.31. The minimum Gasteiger partial charge on any atom is -0.374 e. The van der Waals surface area contributed by atoms with Gasteiger partial charge in [-0.05, 0) is 32.9 Å². The predicted molar refractivity (Wildman–Crippen MR) is 74.6 cm³/mol. The molecule has 0 radical (unpaired) electrons. The lowest BCUT2D eigenvalue weighted by Gasteiger charge is -2.25. The highest BCUT2D eigenvalue weighted by atomic mass is 16.5. The number of para-hydroxylation sites is 1. The first kappa shape index (κ1) is 13.4. The number of aromatic nitrogens is 2. The van der Waals surface area contributed by atoms with Crippen molar-refractivity contribution < 1.29 is 4.74 Å². The second-order valence-corrected chi connectivity index (χ2v) is 5.03. The Balaban J connectivity index is 2.50. The van der Waals surface area contributed by atoms with E-state index < -0.39 is 0 Å². The molecule has 19 heavy (non-hydrogen) atoms. The SMILES string of the molecule is CCOC(C)(C)Cn1c(N)nc2c(C#N)cccc21. The quantitative estimate of drug-likeness (QED) is 0.912. The van der Waals surface area contributed by atoms with Gasteiger partial charge in [0.05, 0.1) is 23.2 Å². The molecule has 0 fully saturated rings. The fourth-order valence-corrected chi connectivity index (χ4v) is 2.24. The van der Waals surface area contributed by atoms with Gasteiger partial charge in [-0.25, -0.2) is 4.98 Å². The van der Waals surface area contributed by atoms with Crippen molar-refractivity contribution in [1.29, 1.82) is 5.26 Å². The zero-order valence-electron chi connectivity index (χ0n) is 11.5. The van der Waals surface area contributed by atoms with Crippen LogP contribution in [0.1, 0.15) is 26.3 Å². The molecule has 5 nitrogen and oxygen atoms in total. The molecule has 2 rings (SSSR count). The van der Waals surface area contributed by atoms with E-state index in [-0.39, 0.29) is 5.60 Å². The fraction of sp³-hybridized carbons (Fsp3) is 0.429. The van der Waals surface area contributed by atoms with Crippen molar-refractivity contribution in [2.75, 3.05) is 12.3 Å². The molecule has 0 atom stereocenters. The maximum absolute atomic E-state index is 9.09. The molecule has 0 bridgehead atoms. The molecule has 1 aromatic heterocycles. The van der Waals surface area contributed by atoms with Crippen LogP contribution in [0.15, 0.2) is 18.2 Å². The number of nitrogens with zero attached hydrogens (tertiary/aromatic N) is 3. The maximum atomic E-state index is 9.09. The minimum absolute atomic E-state index is 0.334. The summed E-state index contributed by atoms with van der Waals surface area (Å²) < 4.78 is 7.59. The van der Waals surface area contributed by atoms with Crippen LogP contribution in [0.3, 0.4) is 0 Å². The first-order chi connectivity index (χ1) is 8.98. The largest absolute Gasteiger partial charge is 0.374 e. The Morgan fingerprint density at radius 1 is 1.47 bits per heavy atom. The van der Waals surface area contributed by atoms with Gasteiger partial charge in [0.1, 0.15) is 11.6 Å². The van der Waals surface area contributed by atoms with E-state index in [9.17, 15) is 0 Å². The topological polar surface area (TPSA) is 76.9 Å². The summed E-state index contributed by atoms with van der Waals surface area (Å²) >= 11 is 0. The second-order valence-electron chi connectivity index (χ2n) is 5.03. The number of nitrogen functional groups attached to an aromatic ring is 1. The van der Waals surface area contributed by atoms with Crippen LogP contribution in [-0.2, 0) is 11.3 Å². The highest BCUT2D eigenvalue weighted by Gasteiger charge is 2.22. The number of rotatable bonds is 4. The monoisotopic (exact) mass is 258 g/mol. The molecule has 0 aliphatic carbocycles. The van der Waals surface area contributed by atoms with Crippen molar-refractivity contribution in [2.45, 2.75) is 32.9 Å². The Labute approximate surface area is 112 Å². The molecule has 1 aromatic carbocycles. The third-order valence-corrected chi connectivity index (χ3v) is 3.00. The number of benzene rings is 1. The number of imidazole rings is 1. The smallest absolute Gasteiger partial charge is 0.201 e. The Morgan fingerprint density at radius 2 is 2.21 bits per heavy atom. The van der Waals surface area contributed by atoms with Gasteiger partial charge in [0, 0.05) is 6.61 Å². The highest BCUT2D eigenvalue weighted by molar-refractivity contribution is 5.83. The number of nitriles is 1. The summed E-state index contributed by atoms with van der Waals surface area (Å²) in [4.78, 5) is 4.29. The molecule has 0 amide bonds. The summed E-state index contributed by atoms with van der Waals surface area (Å²) in [5.74, 6) is 0.408. The average molecular weight is 258 g/mol. The van der Waals surface area contributed by atoms with E-state index in [0.29, 0.717) is 30.2 Å². The van der Waals surface area contributed by atoms with Gasteiger partial charge in [0.15, 0.2) is 0 Å². The van der Waals surface area contributed by atoms with Gasteiger partial charge in [0.2, 0.25) is 5.95 Å². The van der Waals surface area contributed by atoms with Gasteiger partial charge in [-0.15, -0.1) is 0 Å². The molecule has 1 heterocycles. The number of nitrogens with two attached hydrogens (primary N) is 1. The number of anilines is 1. The molecule has 0 aliphatic rings. The van der Waals surface area contributed by atoms with Gasteiger partial charge in [0.25, 0.3) is 0 Å². The summed E-state index contributed by atoms with van der Waals surface area (Å²) in [6.45, 7) is 7.22. The number of hydrogen-bond donors (Lipinski definition) is 1. The zero-order chi connectivity index (χ0) is 14.0. The van der Waals surface area contributed by atoms with Crippen LogP contribution in [0.5, 0.6) is 0 Å². The Bertz CT molecular complexity index is 637. The highest BCUT2D eigenvalue weighted by Crippen LogP contribution is 2.24. The van der Waals surface area contributed by atoms with Crippen LogP contribution in [-0.4, -0.2) is 21.8 Å². The van der Waals surface area contributed by atoms with E-state index in [0.717, 1.165) is 5.52 Å². The van der Waals surface area contributed by atoms with Crippen molar-refractivity contribution >= 4 is 17.0 Å². The van der Waals surface area contributed by atoms with Crippen molar-refractivity contribution in [2.24, 2.45) is 0 Å². The van der Waals surface area contributed by atoms with Crippen LogP contribution >= 0.6 is 0 Å².